The van der Waals surface area contributed by atoms with Gasteiger partial charge in [0.2, 0.25) is 0 Å². The maximum atomic E-state index is 12.1. The van der Waals surface area contributed by atoms with E-state index in [1.54, 1.807) is 24.3 Å². The summed E-state index contributed by atoms with van der Waals surface area (Å²) < 4.78 is 10.3. The summed E-state index contributed by atoms with van der Waals surface area (Å²) in [5, 5.41) is 3.24. The minimum Gasteiger partial charge on any atom is -0.459 e. The predicted octanol–water partition coefficient (Wildman–Crippen LogP) is 4.26. The van der Waals surface area contributed by atoms with Crippen LogP contribution in [-0.4, -0.2) is 11.9 Å². The number of carbonyl (C=O) groups excluding carboxylic acids is 2. The normalized spacial score (nSPS) is 10.4. The molecule has 0 spiro atoms. The molecule has 0 aliphatic heterocycles. The van der Waals surface area contributed by atoms with E-state index in [0.717, 1.165) is 22.5 Å². The van der Waals surface area contributed by atoms with Crippen LogP contribution in [0.3, 0.4) is 0 Å². The first-order chi connectivity index (χ1) is 11.6. The fraction of sp³-hybridized carbons (Fsp3) is 0.111. The maximum Gasteiger partial charge on any atom is 0.348 e. The molecule has 0 aliphatic rings. The van der Waals surface area contributed by atoms with Gasteiger partial charge in [-0.1, -0.05) is 24.3 Å². The Hall–Kier alpha value is -2.86. The first-order valence-corrected chi connectivity index (χ1v) is 8.11. The van der Waals surface area contributed by atoms with E-state index in [1.807, 2.05) is 31.2 Å². The van der Waals surface area contributed by atoms with Crippen LogP contribution in [0, 0.1) is 6.92 Å². The Labute approximate surface area is 142 Å². The number of hydrogen-bond donors (Lipinski definition) is 1. The Balaban J connectivity index is 1.59. The van der Waals surface area contributed by atoms with Gasteiger partial charge in [-0.2, -0.15) is 0 Å². The number of hydrogen-bond acceptors (Lipinski definition) is 5. The number of anilines is 1. The topological polar surface area (TPSA) is 68.5 Å². The molecule has 1 aromatic carbocycles. The van der Waals surface area contributed by atoms with Gasteiger partial charge >= 0.3 is 5.97 Å². The number of benzene rings is 1. The second-order valence-corrected chi connectivity index (χ2v) is 6.18. The summed E-state index contributed by atoms with van der Waals surface area (Å²) in [5.74, 6) is -0.560. The molecule has 0 saturated heterocycles. The molecule has 0 bridgehead atoms. The third-order valence-electron chi connectivity index (χ3n) is 3.41. The van der Waals surface area contributed by atoms with Crippen molar-refractivity contribution in [1.29, 1.82) is 0 Å². The van der Waals surface area contributed by atoms with Crippen LogP contribution in [0.15, 0.2) is 59.2 Å². The number of aryl methyl sites for hydroxylation is 1. The van der Waals surface area contributed by atoms with Crippen LogP contribution in [0.5, 0.6) is 0 Å². The van der Waals surface area contributed by atoms with Crippen LogP contribution in [0.4, 0.5) is 5.00 Å². The lowest BCUT2D eigenvalue weighted by molar-refractivity contribution is 0.0478. The van der Waals surface area contributed by atoms with Gasteiger partial charge in [0.1, 0.15) is 11.5 Å². The van der Waals surface area contributed by atoms with E-state index in [1.165, 1.54) is 6.26 Å². The molecule has 2 heterocycles. The number of esters is 1. The molecule has 0 saturated carbocycles. The lowest BCUT2D eigenvalue weighted by atomic mass is 10.1. The highest BCUT2D eigenvalue weighted by Gasteiger charge is 2.14. The molecule has 1 N–H and O–H groups in total. The number of nitrogens with one attached hydrogen (secondary N) is 1. The molecular weight excluding hydrogens is 326 g/mol. The van der Waals surface area contributed by atoms with Crippen LogP contribution in [0.25, 0.3) is 0 Å². The van der Waals surface area contributed by atoms with Crippen molar-refractivity contribution in [1.82, 2.24) is 0 Å². The van der Waals surface area contributed by atoms with Crippen molar-refractivity contribution < 1.29 is 18.7 Å². The summed E-state index contributed by atoms with van der Waals surface area (Å²) in [6.07, 6.45) is 1.43. The maximum absolute atomic E-state index is 12.1. The molecule has 0 aliphatic carbocycles. The molecule has 1 amide bonds. The van der Waals surface area contributed by atoms with Crippen molar-refractivity contribution in [3.63, 3.8) is 0 Å². The Bertz CT molecular complexity index is 852. The highest BCUT2D eigenvalue weighted by molar-refractivity contribution is 7.18. The quantitative estimate of drug-likeness (QED) is 0.704. The molecule has 2 aromatic heterocycles. The van der Waals surface area contributed by atoms with E-state index < -0.39 is 5.97 Å². The number of furan rings is 1. The zero-order chi connectivity index (χ0) is 16.9. The number of rotatable bonds is 5. The average molecular weight is 341 g/mol. The SMILES string of the molecule is Cc1ccccc1COC(=O)c1ccc(NC(=O)c2ccco2)s1. The van der Waals surface area contributed by atoms with Crippen molar-refractivity contribution in [2.24, 2.45) is 0 Å². The summed E-state index contributed by atoms with van der Waals surface area (Å²) in [5.41, 5.74) is 2.04. The largest absolute Gasteiger partial charge is 0.459 e. The first-order valence-electron chi connectivity index (χ1n) is 7.30. The van der Waals surface area contributed by atoms with Gasteiger partial charge in [0.25, 0.3) is 5.91 Å². The molecule has 0 fully saturated rings. The van der Waals surface area contributed by atoms with Crippen LogP contribution >= 0.6 is 11.3 Å². The van der Waals surface area contributed by atoms with Crippen molar-refractivity contribution in [2.75, 3.05) is 5.32 Å². The fourth-order valence-corrected chi connectivity index (χ4v) is 2.88. The standard InChI is InChI=1S/C18H15NO4S/c1-12-5-2-3-6-13(12)11-23-18(21)15-8-9-16(24-15)19-17(20)14-7-4-10-22-14/h2-10H,11H2,1H3,(H,19,20). The van der Waals surface area contributed by atoms with Crippen molar-refractivity contribution in [2.45, 2.75) is 13.5 Å². The Morgan fingerprint density at radius 1 is 1.12 bits per heavy atom. The lowest BCUT2D eigenvalue weighted by Gasteiger charge is -2.06. The summed E-state index contributed by atoms with van der Waals surface area (Å²) >= 11 is 1.16. The summed E-state index contributed by atoms with van der Waals surface area (Å²) in [6, 6.07) is 14.2. The van der Waals surface area contributed by atoms with Crippen LogP contribution < -0.4 is 5.32 Å². The summed E-state index contributed by atoms with van der Waals surface area (Å²) in [4.78, 5) is 24.4. The van der Waals surface area contributed by atoms with E-state index in [4.69, 9.17) is 9.15 Å². The first kappa shape index (κ1) is 16.0. The van der Waals surface area contributed by atoms with Gasteiger partial charge in [0.15, 0.2) is 5.76 Å². The second kappa shape index (κ2) is 7.14. The molecule has 0 radical (unpaired) electrons. The third-order valence-corrected chi connectivity index (χ3v) is 4.39. The Morgan fingerprint density at radius 3 is 2.71 bits per heavy atom. The van der Waals surface area contributed by atoms with Crippen LogP contribution in [0.1, 0.15) is 31.4 Å². The minimum absolute atomic E-state index is 0.215. The molecule has 24 heavy (non-hydrogen) atoms. The van der Waals surface area contributed by atoms with Gasteiger partial charge in [-0.15, -0.1) is 11.3 Å². The number of thiophene rings is 1. The summed E-state index contributed by atoms with van der Waals surface area (Å²) in [6.45, 7) is 2.19. The highest BCUT2D eigenvalue weighted by atomic mass is 32.1. The molecule has 3 aromatic rings. The Kier molecular flexibility index (Phi) is 4.77. The fourth-order valence-electron chi connectivity index (χ4n) is 2.08. The number of amides is 1. The smallest absolute Gasteiger partial charge is 0.348 e. The molecule has 6 heteroatoms. The molecule has 5 nitrogen and oxygen atoms in total. The van der Waals surface area contributed by atoms with Crippen LogP contribution in [0.2, 0.25) is 0 Å². The molecular formula is C18H15NO4S. The van der Waals surface area contributed by atoms with Gasteiger partial charge in [0, 0.05) is 0 Å². The van der Waals surface area contributed by atoms with Gasteiger partial charge in [-0.05, 0) is 42.3 Å². The van der Waals surface area contributed by atoms with E-state index in [-0.39, 0.29) is 18.3 Å². The Morgan fingerprint density at radius 2 is 1.96 bits per heavy atom. The average Bonchev–Trinajstić information content (AvgIpc) is 3.25. The van der Waals surface area contributed by atoms with Gasteiger partial charge in [-0.3, -0.25) is 4.79 Å². The number of carbonyl (C=O) groups is 2. The summed E-state index contributed by atoms with van der Waals surface area (Å²) in [7, 11) is 0. The van der Waals surface area contributed by atoms with E-state index in [0.29, 0.717) is 9.88 Å². The van der Waals surface area contributed by atoms with Crippen molar-refractivity contribution in [3.05, 3.63) is 76.6 Å². The monoisotopic (exact) mass is 341 g/mol. The van der Waals surface area contributed by atoms with Gasteiger partial charge < -0.3 is 14.5 Å². The van der Waals surface area contributed by atoms with E-state index >= 15 is 0 Å². The number of ether oxygens (including phenoxy) is 1. The van der Waals surface area contributed by atoms with Gasteiger partial charge in [0.05, 0.1) is 11.3 Å². The minimum atomic E-state index is -0.415. The molecule has 122 valence electrons. The lowest BCUT2D eigenvalue weighted by Crippen LogP contribution is -2.09. The zero-order valence-electron chi connectivity index (χ0n) is 12.9. The third kappa shape index (κ3) is 3.72. The molecule has 0 unspecified atom stereocenters. The van der Waals surface area contributed by atoms with Gasteiger partial charge in [-0.25, -0.2) is 4.79 Å². The van der Waals surface area contributed by atoms with Crippen molar-refractivity contribution >= 4 is 28.2 Å². The van der Waals surface area contributed by atoms with E-state index in [2.05, 4.69) is 5.32 Å². The van der Waals surface area contributed by atoms with Crippen molar-refractivity contribution in [3.8, 4) is 0 Å². The molecule has 3 rings (SSSR count). The van der Waals surface area contributed by atoms with E-state index in [9.17, 15) is 9.59 Å². The predicted molar refractivity (Wildman–Crippen MR) is 91.3 cm³/mol. The van der Waals surface area contributed by atoms with Crippen LogP contribution in [-0.2, 0) is 11.3 Å². The second-order valence-electron chi connectivity index (χ2n) is 5.10. The zero-order valence-corrected chi connectivity index (χ0v) is 13.8. The molecule has 0 atom stereocenters. The highest BCUT2D eigenvalue weighted by Crippen LogP contribution is 2.24.